The summed E-state index contributed by atoms with van der Waals surface area (Å²) in [5, 5.41) is 0. The molecule has 0 heterocycles. The summed E-state index contributed by atoms with van der Waals surface area (Å²) in [5.41, 5.74) is 0. The van der Waals surface area contributed by atoms with Gasteiger partial charge in [-0.1, -0.05) is 0 Å². The molecule has 1 rings (SSSR count). The molecule has 6 heteroatoms. The van der Waals surface area contributed by atoms with Crippen LogP contribution in [0.5, 0.6) is 28.7 Å². The lowest BCUT2D eigenvalue weighted by Gasteiger charge is -2.19. The fourth-order valence-electron chi connectivity index (χ4n) is 1.74. The van der Waals surface area contributed by atoms with Crippen LogP contribution in [0.1, 0.15) is 27.7 Å². The van der Waals surface area contributed by atoms with Gasteiger partial charge in [-0.3, -0.25) is 0 Å². The second-order valence-corrected chi connectivity index (χ2v) is 3.85. The molecule has 0 radical (unpaired) electrons. The minimum absolute atomic E-state index is 0.341. The van der Waals surface area contributed by atoms with Gasteiger partial charge in [0.05, 0.1) is 33.5 Å². The average molecular weight is 300 g/mol. The van der Waals surface area contributed by atoms with Gasteiger partial charge < -0.3 is 23.8 Å². The average Bonchev–Trinajstić information content (AvgIpc) is 2.49. The first-order valence-corrected chi connectivity index (χ1v) is 7.16. The van der Waals surface area contributed by atoms with Crippen molar-refractivity contribution in [3.8, 4) is 28.7 Å². The van der Waals surface area contributed by atoms with Crippen molar-refractivity contribution in [2.45, 2.75) is 27.7 Å². The van der Waals surface area contributed by atoms with Crippen molar-refractivity contribution >= 4 is 0 Å². The zero-order valence-electron chi connectivity index (χ0n) is 13.4. The fourth-order valence-corrected chi connectivity index (χ4v) is 1.74. The van der Waals surface area contributed by atoms with Crippen LogP contribution >= 0.6 is 0 Å². The van der Waals surface area contributed by atoms with Crippen molar-refractivity contribution in [1.29, 1.82) is 0 Å². The van der Waals surface area contributed by atoms with Gasteiger partial charge in [-0.2, -0.15) is 4.89 Å². The summed E-state index contributed by atoms with van der Waals surface area (Å²) in [6.07, 6.45) is 0. The first-order valence-electron chi connectivity index (χ1n) is 7.16. The van der Waals surface area contributed by atoms with E-state index >= 15 is 0 Å². The molecule has 21 heavy (non-hydrogen) atoms. The molecule has 0 aromatic heterocycles. The van der Waals surface area contributed by atoms with E-state index in [1.807, 2.05) is 27.7 Å². The summed E-state index contributed by atoms with van der Waals surface area (Å²) in [4.78, 5) is 10.3. The van der Waals surface area contributed by atoms with Crippen LogP contribution in [0.25, 0.3) is 0 Å². The molecule has 0 saturated heterocycles. The minimum atomic E-state index is 0.341. The Hall–Kier alpha value is -1.82. The molecule has 0 saturated carbocycles. The van der Waals surface area contributed by atoms with Crippen LogP contribution in [-0.4, -0.2) is 33.5 Å². The highest BCUT2D eigenvalue weighted by Gasteiger charge is 2.25. The lowest BCUT2D eigenvalue weighted by atomic mass is 10.2. The third-order valence-electron chi connectivity index (χ3n) is 2.48. The summed E-state index contributed by atoms with van der Waals surface area (Å²) < 4.78 is 22.2. The van der Waals surface area contributed by atoms with Crippen molar-refractivity contribution in [2.24, 2.45) is 0 Å². The van der Waals surface area contributed by atoms with Gasteiger partial charge in [-0.15, -0.1) is 0 Å². The van der Waals surface area contributed by atoms with Gasteiger partial charge in [0.25, 0.3) is 5.75 Å². The largest absolute Gasteiger partial charge is 0.492 e. The monoisotopic (exact) mass is 300 g/mol. The van der Waals surface area contributed by atoms with E-state index in [0.717, 1.165) is 0 Å². The molecule has 0 N–H and O–H groups in total. The Labute approximate surface area is 125 Å². The SMILES string of the molecule is CCOOc1c(OC)cc(OCC)c(OCC)c1OCC. The summed E-state index contributed by atoms with van der Waals surface area (Å²) in [6.45, 7) is 9.30. The first kappa shape index (κ1) is 17.2. The van der Waals surface area contributed by atoms with Crippen molar-refractivity contribution in [1.82, 2.24) is 0 Å². The summed E-state index contributed by atoms with van der Waals surface area (Å²) in [5.74, 6) is 2.24. The molecule has 0 bridgehead atoms. The van der Waals surface area contributed by atoms with E-state index in [2.05, 4.69) is 0 Å². The van der Waals surface area contributed by atoms with Gasteiger partial charge in [0.15, 0.2) is 11.5 Å². The predicted molar refractivity (Wildman–Crippen MR) is 78.8 cm³/mol. The highest BCUT2D eigenvalue weighted by Crippen LogP contribution is 2.50. The third-order valence-corrected chi connectivity index (χ3v) is 2.48. The second kappa shape index (κ2) is 9.18. The Bertz CT molecular complexity index is 433. The van der Waals surface area contributed by atoms with Crippen LogP contribution in [0, 0.1) is 0 Å². The molecule has 1 aromatic carbocycles. The van der Waals surface area contributed by atoms with E-state index in [-0.39, 0.29) is 0 Å². The molecule has 120 valence electrons. The van der Waals surface area contributed by atoms with E-state index in [1.165, 1.54) is 0 Å². The number of rotatable bonds is 10. The number of hydrogen-bond acceptors (Lipinski definition) is 6. The van der Waals surface area contributed by atoms with Crippen LogP contribution in [0.15, 0.2) is 6.07 Å². The normalized spacial score (nSPS) is 10.1. The van der Waals surface area contributed by atoms with Gasteiger partial charge in [0, 0.05) is 6.07 Å². The Morgan fingerprint density at radius 1 is 0.714 bits per heavy atom. The van der Waals surface area contributed by atoms with E-state index in [1.54, 1.807) is 13.2 Å². The minimum Gasteiger partial charge on any atom is -0.492 e. The van der Waals surface area contributed by atoms with Crippen LogP contribution in [0.2, 0.25) is 0 Å². The summed E-state index contributed by atoms with van der Waals surface area (Å²) in [7, 11) is 1.54. The maximum Gasteiger partial charge on any atom is 0.252 e. The Morgan fingerprint density at radius 3 is 1.86 bits per heavy atom. The smallest absolute Gasteiger partial charge is 0.252 e. The van der Waals surface area contributed by atoms with E-state index in [4.69, 9.17) is 28.7 Å². The van der Waals surface area contributed by atoms with E-state index in [9.17, 15) is 0 Å². The van der Waals surface area contributed by atoms with Crippen molar-refractivity contribution in [3.05, 3.63) is 6.07 Å². The maximum atomic E-state index is 5.66. The van der Waals surface area contributed by atoms with Crippen LogP contribution < -0.4 is 23.8 Å². The van der Waals surface area contributed by atoms with Crippen LogP contribution in [-0.2, 0) is 4.89 Å². The molecular formula is C15H24O6. The standard InChI is InChI=1S/C15H24O6/c1-6-17-12-10-11(16-5)14(21-20-9-4)15(19-8-3)13(12)18-7-2/h10H,6-9H2,1-5H3. The van der Waals surface area contributed by atoms with Gasteiger partial charge in [-0.25, -0.2) is 0 Å². The third kappa shape index (κ3) is 4.32. The molecule has 6 nitrogen and oxygen atoms in total. The molecule has 0 unspecified atom stereocenters. The number of ether oxygens (including phenoxy) is 4. The van der Waals surface area contributed by atoms with Crippen LogP contribution in [0.3, 0.4) is 0 Å². The predicted octanol–water partition coefficient (Wildman–Crippen LogP) is 3.22. The fraction of sp³-hybridized carbons (Fsp3) is 0.600. The molecule has 0 aliphatic carbocycles. The summed E-state index contributed by atoms with van der Waals surface area (Å²) in [6, 6.07) is 1.70. The van der Waals surface area contributed by atoms with Gasteiger partial charge in [0.2, 0.25) is 11.5 Å². The number of benzene rings is 1. The van der Waals surface area contributed by atoms with Gasteiger partial charge in [-0.05, 0) is 27.7 Å². The molecule has 0 fully saturated rings. The molecule has 0 aliphatic heterocycles. The number of methoxy groups -OCH3 is 1. The topological polar surface area (TPSA) is 55.4 Å². The van der Waals surface area contributed by atoms with Crippen molar-refractivity contribution in [3.63, 3.8) is 0 Å². The molecule has 0 spiro atoms. The zero-order valence-corrected chi connectivity index (χ0v) is 13.4. The number of hydrogen-bond donors (Lipinski definition) is 0. The Kier molecular flexibility index (Phi) is 7.53. The van der Waals surface area contributed by atoms with Crippen LogP contribution in [0.4, 0.5) is 0 Å². The van der Waals surface area contributed by atoms with E-state index in [0.29, 0.717) is 55.2 Å². The Morgan fingerprint density at radius 2 is 1.33 bits per heavy atom. The van der Waals surface area contributed by atoms with Gasteiger partial charge >= 0.3 is 0 Å². The highest BCUT2D eigenvalue weighted by atomic mass is 17.2. The molecule has 0 aliphatic rings. The highest BCUT2D eigenvalue weighted by molar-refractivity contribution is 5.65. The lowest BCUT2D eigenvalue weighted by Crippen LogP contribution is -2.07. The molecule has 0 atom stereocenters. The van der Waals surface area contributed by atoms with E-state index < -0.39 is 0 Å². The first-order chi connectivity index (χ1) is 10.2. The Balaban J connectivity index is 3.39. The summed E-state index contributed by atoms with van der Waals surface area (Å²) >= 11 is 0. The van der Waals surface area contributed by atoms with Gasteiger partial charge in [0.1, 0.15) is 0 Å². The molecule has 0 amide bonds. The quantitative estimate of drug-likeness (QED) is 0.488. The zero-order chi connectivity index (χ0) is 15.7. The second-order valence-electron chi connectivity index (χ2n) is 3.85. The lowest BCUT2D eigenvalue weighted by molar-refractivity contribution is -0.204. The maximum absolute atomic E-state index is 5.66. The molecule has 1 aromatic rings. The van der Waals surface area contributed by atoms with Crippen molar-refractivity contribution < 1.29 is 28.7 Å². The van der Waals surface area contributed by atoms with Crippen molar-refractivity contribution in [2.75, 3.05) is 33.5 Å². The molecular weight excluding hydrogens is 276 g/mol.